The number of anilines is 1. The number of nitrogens with one attached hydrogen (secondary N) is 1. The van der Waals surface area contributed by atoms with E-state index in [1.165, 1.54) is 56.6 Å². The second-order valence-corrected chi connectivity index (χ2v) is 14.6. The monoisotopic (exact) mass is 707 g/mol. The van der Waals surface area contributed by atoms with Gasteiger partial charge in [-0.15, -0.1) is 0 Å². The number of methoxy groups -OCH3 is 3. The summed E-state index contributed by atoms with van der Waals surface area (Å²) in [6, 6.07) is 26.2. The molecule has 1 atom stereocenters. The van der Waals surface area contributed by atoms with Crippen LogP contribution in [0.5, 0.6) is 17.2 Å². The summed E-state index contributed by atoms with van der Waals surface area (Å²) in [5.74, 6) is -0.329. The molecular formula is C37H42ClN3O7S. The van der Waals surface area contributed by atoms with E-state index in [1.807, 2.05) is 81.4 Å². The van der Waals surface area contributed by atoms with Gasteiger partial charge in [0.1, 0.15) is 18.3 Å². The van der Waals surface area contributed by atoms with Crippen molar-refractivity contribution in [3.05, 3.63) is 113 Å². The third-order valence-corrected chi connectivity index (χ3v) is 9.59. The van der Waals surface area contributed by atoms with Gasteiger partial charge in [0.2, 0.25) is 11.8 Å². The summed E-state index contributed by atoms with van der Waals surface area (Å²) in [5.41, 5.74) is 1.02. The molecule has 0 aliphatic rings. The molecule has 0 spiro atoms. The van der Waals surface area contributed by atoms with Gasteiger partial charge < -0.3 is 24.4 Å². The van der Waals surface area contributed by atoms with Crippen molar-refractivity contribution in [1.29, 1.82) is 0 Å². The Hall–Kier alpha value is -4.74. The Labute approximate surface area is 293 Å². The van der Waals surface area contributed by atoms with Crippen molar-refractivity contribution in [2.24, 2.45) is 0 Å². The molecule has 49 heavy (non-hydrogen) atoms. The van der Waals surface area contributed by atoms with E-state index in [9.17, 15) is 18.0 Å². The molecule has 1 unspecified atom stereocenters. The summed E-state index contributed by atoms with van der Waals surface area (Å²) in [7, 11) is -0.255. The normalized spacial score (nSPS) is 12.1. The number of hydrogen-bond acceptors (Lipinski definition) is 7. The number of hydrogen-bond donors (Lipinski definition) is 1. The molecule has 0 bridgehead atoms. The molecule has 12 heteroatoms. The number of nitrogens with zero attached hydrogens (tertiary/aromatic N) is 2. The lowest BCUT2D eigenvalue weighted by molar-refractivity contribution is -0.140. The van der Waals surface area contributed by atoms with Gasteiger partial charge in [-0.05, 0) is 62.2 Å². The topological polar surface area (TPSA) is 114 Å². The lowest BCUT2D eigenvalue weighted by Crippen LogP contribution is -2.56. The van der Waals surface area contributed by atoms with Gasteiger partial charge in [0.05, 0.1) is 31.9 Å². The Bertz CT molecular complexity index is 1850. The van der Waals surface area contributed by atoms with Crippen molar-refractivity contribution in [1.82, 2.24) is 10.2 Å². The molecule has 4 aromatic carbocycles. The molecule has 260 valence electrons. The molecule has 0 saturated heterocycles. The predicted octanol–water partition coefficient (Wildman–Crippen LogP) is 6.12. The minimum Gasteiger partial charge on any atom is -0.495 e. The molecule has 10 nitrogen and oxygen atoms in total. The molecule has 2 amide bonds. The molecule has 0 heterocycles. The molecule has 0 fully saturated rings. The molecule has 0 aromatic heterocycles. The minimum absolute atomic E-state index is 0.0334. The standard InChI is InChI=1S/C37H42ClN3O7S/c1-37(2,3)39-36(43)31(21-26-13-9-7-10-14-26)40(24-27-15-11-8-12-16-27)35(42)25-41(30-22-28(38)17-19-32(30)46-4)49(44,45)29-18-20-33(47-5)34(23-29)48-6/h7-20,22-23,31H,21,24-25H2,1-6H3,(H,39,43). The smallest absolute Gasteiger partial charge is 0.265 e. The van der Waals surface area contributed by atoms with Gasteiger partial charge in [-0.25, -0.2) is 8.42 Å². The lowest BCUT2D eigenvalue weighted by atomic mass is 10.0. The van der Waals surface area contributed by atoms with Gasteiger partial charge in [-0.2, -0.15) is 0 Å². The predicted molar refractivity (Wildman–Crippen MR) is 191 cm³/mol. The molecule has 0 aliphatic carbocycles. The Balaban J connectivity index is 1.88. The first-order valence-corrected chi connectivity index (χ1v) is 17.4. The molecule has 0 radical (unpaired) electrons. The van der Waals surface area contributed by atoms with Gasteiger partial charge >= 0.3 is 0 Å². The summed E-state index contributed by atoms with van der Waals surface area (Å²) < 4.78 is 46.3. The number of halogens is 1. The van der Waals surface area contributed by atoms with Crippen molar-refractivity contribution < 1.29 is 32.2 Å². The summed E-state index contributed by atoms with van der Waals surface area (Å²) >= 11 is 6.39. The van der Waals surface area contributed by atoms with Crippen LogP contribution in [0, 0.1) is 0 Å². The quantitative estimate of drug-likeness (QED) is 0.168. The second kappa shape index (κ2) is 16.1. The largest absolute Gasteiger partial charge is 0.495 e. The first-order valence-electron chi connectivity index (χ1n) is 15.5. The second-order valence-electron chi connectivity index (χ2n) is 12.3. The van der Waals surface area contributed by atoms with E-state index in [2.05, 4.69) is 5.32 Å². The van der Waals surface area contributed by atoms with Crippen LogP contribution in [0.3, 0.4) is 0 Å². The molecular weight excluding hydrogens is 666 g/mol. The van der Waals surface area contributed by atoms with Crippen LogP contribution in [0.1, 0.15) is 31.9 Å². The fraction of sp³-hybridized carbons (Fsp3) is 0.297. The molecule has 4 aromatic rings. The lowest BCUT2D eigenvalue weighted by Gasteiger charge is -2.35. The first kappa shape index (κ1) is 37.1. The highest BCUT2D eigenvalue weighted by molar-refractivity contribution is 7.92. The first-order chi connectivity index (χ1) is 23.3. The number of sulfonamides is 1. The summed E-state index contributed by atoms with van der Waals surface area (Å²) in [4.78, 5) is 30.1. The maximum Gasteiger partial charge on any atom is 0.265 e. The number of amides is 2. The van der Waals surface area contributed by atoms with Crippen molar-refractivity contribution in [3.8, 4) is 17.2 Å². The van der Waals surface area contributed by atoms with E-state index >= 15 is 0 Å². The van der Waals surface area contributed by atoms with Gasteiger partial charge in [-0.3, -0.25) is 13.9 Å². The molecule has 0 saturated carbocycles. The third kappa shape index (κ3) is 9.45. The number of carbonyl (C=O) groups excluding carboxylic acids is 2. The maximum atomic E-state index is 14.7. The third-order valence-electron chi connectivity index (χ3n) is 7.60. The number of rotatable bonds is 14. The van der Waals surface area contributed by atoms with Crippen molar-refractivity contribution in [2.45, 2.75) is 50.2 Å². The Morgan fingerprint density at radius 1 is 0.776 bits per heavy atom. The Morgan fingerprint density at radius 2 is 1.35 bits per heavy atom. The van der Waals surface area contributed by atoms with E-state index < -0.39 is 34.1 Å². The van der Waals surface area contributed by atoms with Crippen molar-refractivity contribution in [3.63, 3.8) is 0 Å². The van der Waals surface area contributed by atoms with E-state index in [0.29, 0.717) is 5.75 Å². The number of benzene rings is 4. The zero-order valence-corrected chi connectivity index (χ0v) is 30.0. The highest BCUT2D eigenvalue weighted by Crippen LogP contribution is 2.37. The molecule has 4 rings (SSSR count). The fourth-order valence-corrected chi connectivity index (χ4v) is 6.86. The van der Waals surface area contributed by atoms with Crippen LogP contribution in [0.15, 0.2) is 102 Å². The Morgan fingerprint density at radius 3 is 1.92 bits per heavy atom. The van der Waals surface area contributed by atoms with Gasteiger partial charge in [0, 0.05) is 29.6 Å². The van der Waals surface area contributed by atoms with Gasteiger partial charge in [0.15, 0.2) is 11.5 Å². The van der Waals surface area contributed by atoms with Crippen molar-refractivity contribution >= 4 is 39.1 Å². The SMILES string of the molecule is COc1ccc(S(=O)(=O)N(CC(=O)N(Cc2ccccc2)C(Cc2ccccc2)C(=O)NC(C)(C)C)c2cc(Cl)ccc2OC)cc1OC. The van der Waals surface area contributed by atoms with Crippen LogP contribution >= 0.6 is 11.6 Å². The highest BCUT2D eigenvalue weighted by Gasteiger charge is 2.37. The van der Waals surface area contributed by atoms with Crippen LogP contribution in [-0.2, 0) is 32.6 Å². The number of carbonyl (C=O) groups is 2. The zero-order valence-electron chi connectivity index (χ0n) is 28.5. The summed E-state index contributed by atoms with van der Waals surface area (Å²) in [6.45, 7) is 4.92. The fourth-order valence-electron chi connectivity index (χ4n) is 5.26. The summed E-state index contributed by atoms with van der Waals surface area (Å²) in [6.07, 6.45) is 0.185. The number of ether oxygens (including phenoxy) is 3. The average Bonchev–Trinajstić information content (AvgIpc) is 3.08. The zero-order chi connectivity index (χ0) is 35.8. The molecule has 0 aliphatic heterocycles. The van der Waals surface area contributed by atoms with Crippen LogP contribution in [0.2, 0.25) is 5.02 Å². The van der Waals surface area contributed by atoms with Crippen molar-refractivity contribution in [2.75, 3.05) is 32.2 Å². The average molecular weight is 708 g/mol. The van der Waals surface area contributed by atoms with Gasteiger partial charge in [0.25, 0.3) is 10.0 Å². The van der Waals surface area contributed by atoms with E-state index in [-0.39, 0.29) is 46.0 Å². The maximum absolute atomic E-state index is 14.7. The minimum atomic E-state index is -4.49. The van der Waals surface area contributed by atoms with Crippen LogP contribution in [0.4, 0.5) is 5.69 Å². The van der Waals surface area contributed by atoms with E-state index in [0.717, 1.165) is 15.4 Å². The van der Waals surface area contributed by atoms with Crippen LogP contribution in [0.25, 0.3) is 0 Å². The summed E-state index contributed by atoms with van der Waals surface area (Å²) in [5, 5.41) is 3.25. The Kier molecular flexibility index (Phi) is 12.2. The van der Waals surface area contributed by atoms with Gasteiger partial charge in [-0.1, -0.05) is 72.3 Å². The van der Waals surface area contributed by atoms with Crippen LogP contribution in [-0.4, -0.2) is 64.6 Å². The van der Waals surface area contributed by atoms with E-state index in [1.54, 1.807) is 6.07 Å². The molecule has 1 N–H and O–H groups in total. The van der Waals surface area contributed by atoms with E-state index in [4.69, 9.17) is 25.8 Å². The highest BCUT2D eigenvalue weighted by atomic mass is 35.5. The van der Waals surface area contributed by atoms with Crippen LogP contribution < -0.4 is 23.8 Å².